The summed E-state index contributed by atoms with van der Waals surface area (Å²) in [5.41, 5.74) is 7.30. The fraction of sp³-hybridized carbons (Fsp3) is 0.310. The molecule has 180 valence electrons. The normalized spacial score (nSPS) is 16.9. The smallest absolute Gasteiger partial charge is 0.162 e. The molecule has 1 aromatic heterocycles. The lowest BCUT2D eigenvalue weighted by Gasteiger charge is -2.41. The number of aliphatic hydroxyl groups is 1. The van der Waals surface area contributed by atoms with E-state index in [9.17, 15) is 5.11 Å². The molecule has 0 spiro atoms. The maximum Gasteiger partial charge on any atom is 0.162 e. The largest absolute Gasteiger partial charge is 0.497 e. The number of fused-ring (bicyclic) bond motifs is 6. The van der Waals surface area contributed by atoms with Gasteiger partial charge in [0, 0.05) is 30.2 Å². The highest BCUT2D eigenvalue weighted by Gasteiger charge is 2.36. The van der Waals surface area contributed by atoms with Crippen LogP contribution in [0.3, 0.4) is 0 Å². The van der Waals surface area contributed by atoms with Crippen molar-refractivity contribution in [1.29, 1.82) is 0 Å². The van der Waals surface area contributed by atoms with Crippen molar-refractivity contribution in [3.8, 4) is 17.2 Å². The molecule has 0 radical (unpaired) electrons. The molecule has 6 heteroatoms. The van der Waals surface area contributed by atoms with Crippen LogP contribution in [0.1, 0.15) is 34.0 Å². The maximum absolute atomic E-state index is 10.2. The van der Waals surface area contributed by atoms with Gasteiger partial charge in [0.25, 0.3) is 0 Å². The molecule has 0 unspecified atom stereocenters. The second kappa shape index (κ2) is 8.95. The van der Waals surface area contributed by atoms with Gasteiger partial charge in [0.1, 0.15) is 19.1 Å². The standard InChI is InChI=1S/C29H30N2O4/c1-33-21-8-9-25-23(13-21)24-14-26-22-15-29(35-17-19-6-4-3-5-7-19)28(34-2)12-20(22)10-11-30(26)16-27(24)31(25)18-32/h3-9,12-13,15,26,32H,10-11,14,16-18H2,1-2H3/t26-/m0/s1. The molecule has 35 heavy (non-hydrogen) atoms. The number of hydrogen-bond acceptors (Lipinski definition) is 5. The van der Waals surface area contributed by atoms with Gasteiger partial charge in [-0.1, -0.05) is 30.3 Å². The van der Waals surface area contributed by atoms with Crippen LogP contribution < -0.4 is 14.2 Å². The number of aromatic nitrogens is 1. The minimum absolute atomic E-state index is 0.0259. The van der Waals surface area contributed by atoms with E-state index in [1.165, 1.54) is 22.4 Å². The van der Waals surface area contributed by atoms with Gasteiger partial charge >= 0.3 is 0 Å². The average Bonchev–Trinajstić information content (AvgIpc) is 3.22. The van der Waals surface area contributed by atoms with Crippen molar-refractivity contribution in [3.63, 3.8) is 0 Å². The Balaban J connectivity index is 1.39. The van der Waals surface area contributed by atoms with E-state index in [4.69, 9.17) is 14.2 Å². The molecule has 2 aliphatic rings. The highest BCUT2D eigenvalue weighted by atomic mass is 16.5. The minimum Gasteiger partial charge on any atom is -0.497 e. The SMILES string of the molecule is COc1ccc2c(c1)c1c(n2CO)CN2CCc3cc(OC)c(OCc4ccccc4)cc3[C@@H]2C1. The van der Waals surface area contributed by atoms with Crippen LogP contribution in [0.2, 0.25) is 0 Å². The van der Waals surface area contributed by atoms with Gasteiger partial charge in [0.05, 0.1) is 19.7 Å². The summed E-state index contributed by atoms with van der Waals surface area (Å²) in [6.07, 6.45) is 1.84. The lowest BCUT2D eigenvalue weighted by atomic mass is 9.85. The Labute approximate surface area is 205 Å². The molecule has 0 amide bonds. The molecular formula is C29H30N2O4. The molecule has 0 saturated carbocycles. The number of aliphatic hydroxyl groups excluding tert-OH is 1. The van der Waals surface area contributed by atoms with E-state index in [-0.39, 0.29) is 12.8 Å². The van der Waals surface area contributed by atoms with Crippen LogP contribution in [0.25, 0.3) is 10.9 Å². The van der Waals surface area contributed by atoms with E-state index in [1.54, 1.807) is 14.2 Å². The van der Waals surface area contributed by atoms with Crippen molar-refractivity contribution < 1.29 is 19.3 Å². The first-order valence-electron chi connectivity index (χ1n) is 12.1. The van der Waals surface area contributed by atoms with Gasteiger partial charge in [0.15, 0.2) is 11.5 Å². The molecule has 3 aromatic carbocycles. The molecule has 6 nitrogen and oxygen atoms in total. The monoisotopic (exact) mass is 470 g/mol. The summed E-state index contributed by atoms with van der Waals surface area (Å²) >= 11 is 0. The van der Waals surface area contributed by atoms with Crippen LogP contribution in [-0.4, -0.2) is 35.3 Å². The Morgan fingerprint density at radius 2 is 1.83 bits per heavy atom. The van der Waals surface area contributed by atoms with E-state index in [0.717, 1.165) is 59.6 Å². The Hall–Kier alpha value is -3.48. The van der Waals surface area contributed by atoms with E-state index in [0.29, 0.717) is 6.61 Å². The second-order valence-corrected chi connectivity index (χ2v) is 9.29. The molecule has 6 rings (SSSR count). The molecule has 0 aliphatic carbocycles. The Kier molecular flexibility index (Phi) is 5.63. The molecule has 1 atom stereocenters. The zero-order chi connectivity index (χ0) is 23.9. The van der Waals surface area contributed by atoms with E-state index in [1.807, 2.05) is 28.8 Å². The minimum atomic E-state index is -0.0259. The molecule has 0 fully saturated rings. The van der Waals surface area contributed by atoms with Gasteiger partial charge < -0.3 is 23.9 Å². The van der Waals surface area contributed by atoms with E-state index < -0.39 is 0 Å². The first kappa shape index (κ1) is 22.0. The summed E-state index contributed by atoms with van der Waals surface area (Å²) in [5.74, 6) is 2.40. The fourth-order valence-corrected chi connectivity index (χ4v) is 5.74. The molecule has 3 heterocycles. The summed E-state index contributed by atoms with van der Waals surface area (Å²) in [6.45, 7) is 2.25. The van der Waals surface area contributed by atoms with Gasteiger partial charge in [-0.25, -0.2) is 0 Å². The molecule has 1 N–H and O–H groups in total. The third-order valence-corrected chi connectivity index (χ3v) is 7.52. The third kappa shape index (κ3) is 3.74. The molecule has 4 aromatic rings. The van der Waals surface area contributed by atoms with Crippen molar-refractivity contribution in [1.82, 2.24) is 9.47 Å². The third-order valence-electron chi connectivity index (χ3n) is 7.52. The van der Waals surface area contributed by atoms with Crippen LogP contribution in [0.4, 0.5) is 0 Å². The van der Waals surface area contributed by atoms with Gasteiger partial charge in [-0.3, -0.25) is 4.90 Å². The second-order valence-electron chi connectivity index (χ2n) is 9.29. The van der Waals surface area contributed by atoms with Crippen LogP contribution in [0, 0.1) is 0 Å². The maximum atomic E-state index is 10.2. The van der Waals surface area contributed by atoms with Gasteiger partial charge in [0.2, 0.25) is 0 Å². The lowest BCUT2D eigenvalue weighted by molar-refractivity contribution is 0.145. The fourth-order valence-electron chi connectivity index (χ4n) is 5.74. The van der Waals surface area contributed by atoms with Crippen LogP contribution in [0.15, 0.2) is 60.7 Å². The van der Waals surface area contributed by atoms with E-state index in [2.05, 4.69) is 41.3 Å². The average molecular weight is 471 g/mol. The van der Waals surface area contributed by atoms with Crippen molar-refractivity contribution >= 4 is 10.9 Å². The van der Waals surface area contributed by atoms with Crippen LogP contribution >= 0.6 is 0 Å². The first-order chi connectivity index (χ1) is 17.2. The number of benzene rings is 3. The number of nitrogens with zero attached hydrogens (tertiary/aromatic N) is 2. The van der Waals surface area contributed by atoms with Gasteiger partial charge in [-0.05, 0) is 65.4 Å². The summed E-state index contributed by atoms with van der Waals surface area (Å²) < 4.78 is 19.5. The first-order valence-corrected chi connectivity index (χ1v) is 12.1. The highest BCUT2D eigenvalue weighted by molar-refractivity contribution is 5.87. The zero-order valence-corrected chi connectivity index (χ0v) is 20.2. The summed E-state index contributed by atoms with van der Waals surface area (Å²) in [5, 5.41) is 11.4. The number of hydrogen-bond donors (Lipinski definition) is 1. The highest BCUT2D eigenvalue weighted by Crippen LogP contribution is 2.45. The van der Waals surface area contributed by atoms with Crippen molar-refractivity contribution in [2.75, 3.05) is 20.8 Å². The van der Waals surface area contributed by atoms with Gasteiger partial charge in [-0.2, -0.15) is 0 Å². The number of ether oxygens (including phenoxy) is 3. The molecular weight excluding hydrogens is 440 g/mol. The van der Waals surface area contributed by atoms with Crippen LogP contribution in [0.5, 0.6) is 17.2 Å². The summed E-state index contributed by atoms with van der Waals surface area (Å²) in [4.78, 5) is 2.53. The predicted molar refractivity (Wildman–Crippen MR) is 135 cm³/mol. The van der Waals surface area contributed by atoms with Crippen molar-refractivity contribution in [3.05, 3.63) is 88.6 Å². The number of methoxy groups -OCH3 is 2. The van der Waals surface area contributed by atoms with Crippen molar-refractivity contribution in [2.45, 2.75) is 38.8 Å². The summed E-state index contributed by atoms with van der Waals surface area (Å²) in [6, 6.07) is 20.9. The number of rotatable bonds is 6. The molecule has 2 aliphatic heterocycles. The zero-order valence-electron chi connectivity index (χ0n) is 20.2. The Morgan fingerprint density at radius 1 is 0.971 bits per heavy atom. The Morgan fingerprint density at radius 3 is 2.60 bits per heavy atom. The lowest BCUT2D eigenvalue weighted by Crippen LogP contribution is -2.39. The predicted octanol–water partition coefficient (Wildman–Crippen LogP) is 4.84. The van der Waals surface area contributed by atoms with Crippen molar-refractivity contribution in [2.24, 2.45) is 0 Å². The summed E-state index contributed by atoms with van der Waals surface area (Å²) in [7, 11) is 3.40. The van der Waals surface area contributed by atoms with Gasteiger partial charge in [-0.15, -0.1) is 0 Å². The molecule has 0 saturated heterocycles. The quantitative estimate of drug-likeness (QED) is 0.437. The Bertz CT molecular complexity index is 1380. The van der Waals surface area contributed by atoms with E-state index >= 15 is 0 Å². The van der Waals surface area contributed by atoms with Crippen LogP contribution in [-0.2, 0) is 32.7 Å². The topological polar surface area (TPSA) is 56.1 Å². The molecule has 0 bridgehead atoms.